The molecule has 0 saturated heterocycles. The van der Waals surface area contributed by atoms with Crippen LogP contribution in [0.4, 0.5) is 0 Å². The first-order chi connectivity index (χ1) is 11.2. The van der Waals surface area contributed by atoms with Gasteiger partial charge in [0.05, 0.1) is 6.54 Å². The Morgan fingerprint density at radius 1 is 1.30 bits per heavy atom. The summed E-state index contributed by atoms with van der Waals surface area (Å²) in [6, 6.07) is 4.33. The molecule has 1 aromatic rings. The molecule has 130 valence electrons. The lowest BCUT2D eigenvalue weighted by Gasteiger charge is -2.30. The molecule has 4 nitrogen and oxygen atoms in total. The van der Waals surface area contributed by atoms with Crippen molar-refractivity contribution in [2.45, 2.75) is 52.5 Å². The van der Waals surface area contributed by atoms with Gasteiger partial charge in [0.1, 0.15) is 0 Å². The minimum atomic E-state index is 0.381. The topological polar surface area (TPSA) is 45.7 Å². The third-order valence-electron chi connectivity index (χ3n) is 4.66. The number of methoxy groups -OCH3 is 1. The quantitative estimate of drug-likeness (QED) is 0.561. The molecule has 1 fully saturated rings. The fraction of sp³-hybridized carbons (Fsp3) is 0.722. The highest BCUT2D eigenvalue weighted by atomic mass is 32.1. The van der Waals surface area contributed by atoms with Gasteiger partial charge in [-0.3, -0.25) is 0 Å². The number of guanidine groups is 1. The zero-order valence-electron chi connectivity index (χ0n) is 14.8. The summed E-state index contributed by atoms with van der Waals surface area (Å²) in [4.78, 5) is 7.40. The van der Waals surface area contributed by atoms with Crippen LogP contribution in [0, 0.1) is 12.3 Å². The molecule has 1 heterocycles. The van der Waals surface area contributed by atoms with Crippen molar-refractivity contribution in [3.63, 3.8) is 0 Å². The lowest BCUT2D eigenvalue weighted by molar-refractivity contribution is 0.138. The highest BCUT2D eigenvalue weighted by Crippen LogP contribution is 2.40. The van der Waals surface area contributed by atoms with Crippen LogP contribution in [-0.4, -0.2) is 32.8 Å². The number of hydrogen-bond donors (Lipinski definition) is 2. The Morgan fingerprint density at radius 2 is 2.09 bits per heavy atom. The zero-order valence-corrected chi connectivity index (χ0v) is 15.6. The van der Waals surface area contributed by atoms with Crippen molar-refractivity contribution in [1.82, 2.24) is 10.6 Å². The fourth-order valence-corrected chi connectivity index (χ4v) is 4.11. The Morgan fingerprint density at radius 3 is 2.70 bits per heavy atom. The molecule has 2 N–H and O–H groups in total. The summed E-state index contributed by atoms with van der Waals surface area (Å²) < 4.78 is 5.32. The monoisotopic (exact) mass is 337 g/mol. The van der Waals surface area contributed by atoms with Crippen molar-refractivity contribution in [2.75, 3.05) is 26.8 Å². The Hall–Kier alpha value is -1.07. The Bertz CT molecular complexity index is 492. The maximum atomic E-state index is 5.32. The first-order valence-electron chi connectivity index (χ1n) is 8.74. The average Bonchev–Trinajstić information content (AvgIpc) is 3.18. The van der Waals surface area contributed by atoms with Gasteiger partial charge in [-0.15, -0.1) is 11.3 Å². The van der Waals surface area contributed by atoms with E-state index < -0.39 is 0 Å². The molecule has 1 aromatic heterocycles. The second-order valence-electron chi connectivity index (χ2n) is 6.51. The maximum absolute atomic E-state index is 5.32. The van der Waals surface area contributed by atoms with Crippen LogP contribution in [0.15, 0.2) is 17.1 Å². The van der Waals surface area contributed by atoms with Gasteiger partial charge in [0.15, 0.2) is 5.96 Å². The third-order valence-corrected chi connectivity index (χ3v) is 5.65. The van der Waals surface area contributed by atoms with Crippen molar-refractivity contribution in [1.29, 1.82) is 0 Å². The maximum Gasteiger partial charge on any atom is 0.191 e. The highest BCUT2D eigenvalue weighted by molar-refractivity contribution is 7.11. The summed E-state index contributed by atoms with van der Waals surface area (Å²) in [5, 5.41) is 6.95. The van der Waals surface area contributed by atoms with E-state index in [0.717, 1.165) is 38.6 Å². The summed E-state index contributed by atoms with van der Waals surface area (Å²) in [5.41, 5.74) is 0.381. The second kappa shape index (κ2) is 9.28. The van der Waals surface area contributed by atoms with Crippen molar-refractivity contribution in [3.05, 3.63) is 21.9 Å². The minimum absolute atomic E-state index is 0.381. The summed E-state index contributed by atoms with van der Waals surface area (Å²) in [6.45, 7) is 7.73. The first-order valence-corrected chi connectivity index (χ1v) is 9.55. The van der Waals surface area contributed by atoms with Crippen LogP contribution in [0.3, 0.4) is 0 Å². The van der Waals surface area contributed by atoms with Crippen LogP contribution in [0.2, 0.25) is 0 Å². The van der Waals surface area contributed by atoms with Crippen LogP contribution in [0.25, 0.3) is 0 Å². The van der Waals surface area contributed by atoms with Crippen LogP contribution in [0.1, 0.15) is 48.8 Å². The predicted octanol–water partition coefficient (Wildman–Crippen LogP) is 3.71. The number of hydrogen-bond acceptors (Lipinski definition) is 3. The number of aliphatic imine (C=N–C) groups is 1. The first kappa shape index (κ1) is 18.3. The van der Waals surface area contributed by atoms with Gasteiger partial charge in [0, 0.05) is 36.6 Å². The van der Waals surface area contributed by atoms with E-state index in [1.807, 2.05) is 11.3 Å². The van der Waals surface area contributed by atoms with Crippen molar-refractivity contribution in [2.24, 2.45) is 10.4 Å². The third kappa shape index (κ3) is 5.81. The molecular weight excluding hydrogens is 306 g/mol. The second-order valence-corrected chi connectivity index (χ2v) is 7.88. The van der Waals surface area contributed by atoms with E-state index in [-0.39, 0.29) is 0 Å². The van der Waals surface area contributed by atoms with E-state index in [2.05, 4.69) is 36.6 Å². The molecule has 0 unspecified atom stereocenters. The summed E-state index contributed by atoms with van der Waals surface area (Å²) >= 11 is 1.82. The van der Waals surface area contributed by atoms with Crippen molar-refractivity contribution >= 4 is 17.3 Å². The van der Waals surface area contributed by atoms with Gasteiger partial charge in [0.25, 0.3) is 0 Å². The Balaban J connectivity index is 1.92. The molecule has 0 amide bonds. The molecule has 23 heavy (non-hydrogen) atoms. The molecule has 0 aliphatic heterocycles. The summed E-state index contributed by atoms with van der Waals surface area (Å²) in [5.74, 6) is 0.933. The standard InChI is InChI=1S/C18H31N3OS/c1-4-19-17(20-13-16-8-7-15(2)23-16)21-14-18(11-12-22-3)9-5-6-10-18/h7-8H,4-6,9-14H2,1-3H3,(H2,19,20,21). The largest absolute Gasteiger partial charge is 0.385 e. The van der Waals surface area contributed by atoms with E-state index in [1.54, 1.807) is 7.11 Å². The SMILES string of the molecule is CCNC(=NCc1ccc(C)s1)NCC1(CCOC)CCCC1. The molecular formula is C18H31N3OS. The number of ether oxygens (including phenoxy) is 1. The van der Waals surface area contributed by atoms with Gasteiger partial charge in [-0.05, 0) is 50.7 Å². The predicted molar refractivity (Wildman–Crippen MR) is 99.3 cm³/mol. The molecule has 1 aliphatic rings. The fourth-order valence-electron chi connectivity index (χ4n) is 3.30. The van der Waals surface area contributed by atoms with Gasteiger partial charge < -0.3 is 15.4 Å². The molecule has 0 spiro atoms. The molecule has 0 radical (unpaired) electrons. The van der Waals surface area contributed by atoms with Crippen LogP contribution in [0.5, 0.6) is 0 Å². The van der Waals surface area contributed by atoms with Gasteiger partial charge in [-0.25, -0.2) is 4.99 Å². The van der Waals surface area contributed by atoms with Gasteiger partial charge in [-0.1, -0.05) is 12.8 Å². The molecule has 5 heteroatoms. The number of rotatable bonds is 8. The van der Waals surface area contributed by atoms with E-state index in [0.29, 0.717) is 5.41 Å². The number of thiophene rings is 1. The minimum Gasteiger partial charge on any atom is -0.385 e. The molecule has 1 saturated carbocycles. The molecule has 1 aliphatic carbocycles. The molecule has 0 atom stereocenters. The molecule has 0 aromatic carbocycles. The summed E-state index contributed by atoms with van der Waals surface area (Å²) in [7, 11) is 1.80. The van der Waals surface area contributed by atoms with Crippen molar-refractivity contribution in [3.8, 4) is 0 Å². The smallest absolute Gasteiger partial charge is 0.191 e. The number of nitrogens with zero attached hydrogens (tertiary/aromatic N) is 1. The lowest BCUT2D eigenvalue weighted by atomic mass is 9.83. The van der Waals surface area contributed by atoms with E-state index in [9.17, 15) is 0 Å². The van der Waals surface area contributed by atoms with Crippen LogP contribution >= 0.6 is 11.3 Å². The van der Waals surface area contributed by atoms with E-state index >= 15 is 0 Å². The zero-order chi connectivity index (χ0) is 16.5. The van der Waals surface area contributed by atoms with Crippen molar-refractivity contribution < 1.29 is 4.74 Å². The Kier molecular flexibility index (Phi) is 7.37. The summed E-state index contributed by atoms with van der Waals surface area (Å²) in [6.07, 6.45) is 6.42. The normalized spacial score (nSPS) is 17.4. The number of aryl methyl sites for hydroxylation is 1. The van der Waals surface area contributed by atoms with E-state index in [1.165, 1.54) is 35.4 Å². The number of nitrogens with one attached hydrogen (secondary N) is 2. The molecule has 0 bridgehead atoms. The van der Waals surface area contributed by atoms with E-state index in [4.69, 9.17) is 9.73 Å². The van der Waals surface area contributed by atoms with Crippen LogP contribution < -0.4 is 10.6 Å². The lowest BCUT2D eigenvalue weighted by Crippen LogP contribution is -2.43. The van der Waals surface area contributed by atoms with Crippen LogP contribution in [-0.2, 0) is 11.3 Å². The van der Waals surface area contributed by atoms with Gasteiger partial charge >= 0.3 is 0 Å². The van der Waals surface area contributed by atoms with Gasteiger partial charge in [-0.2, -0.15) is 0 Å². The van der Waals surface area contributed by atoms with Gasteiger partial charge in [0.2, 0.25) is 0 Å². The molecule has 2 rings (SSSR count). The average molecular weight is 338 g/mol. The Labute approximate surface area is 144 Å². The highest BCUT2D eigenvalue weighted by Gasteiger charge is 2.33.